The van der Waals surface area contributed by atoms with E-state index in [1.54, 1.807) is 13.2 Å². The summed E-state index contributed by atoms with van der Waals surface area (Å²) in [5.41, 5.74) is 1.78. The second-order valence-corrected chi connectivity index (χ2v) is 4.56. The van der Waals surface area contributed by atoms with E-state index >= 15 is 0 Å². The molecular formula is C13H13NO2S. The van der Waals surface area contributed by atoms with Crippen LogP contribution in [0.25, 0.3) is 0 Å². The molecule has 0 atom stereocenters. The van der Waals surface area contributed by atoms with Gasteiger partial charge in [0.15, 0.2) is 0 Å². The number of carbonyl (C=O) groups is 1. The molecule has 88 valence electrons. The smallest absolute Gasteiger partial charge is 0.265 e. The maximum absolute atomic E-state index is 11.8. The Morgan fingerprint density at radius 1 is 1.35 bits per heavy atom. The van der Waals surface area contributed by atoms with Crippen LogP contribution in [0.2, 0.25) is 0 Å². The monoisotopic (exact) mass is 247 g/mol. The number of carbonyl (C=O) groups excluding carboxylic acids is 1. The van der Waals surface area contributed by atoms with Gasteiger partial charge in [0.05, 0.1) is 12.0 Å². The number of ether oxygens (including phenoxy) is 1. The van der Waals surface area contributed by atoms with E-state index in [1.807, 2.05) is 36.6 Å². The molecule has 0 saturated heterocycles. The number of nitrogens with one attached hydrogen (secondary N) is 1. The lowest BCUT2D eigenvalue weighted by Crippen LogP contribution is -2.10. The number of thiophene rings is 1. The van der Waals surface area contributed by atoms with Crippen LogP contribution in [0.5, 0.6) is 5.75 Å². The largest absolute Gasteiger partial charge is 0.496 e. The average Bonchev–Trinajstić information content (AvgIpc) is 2.82. The summed E-state index contributed by atoms with van der Waals surface area (Å²) in [6.07, 6.45) is 0. The zero-order valence-electron chi connectivity index (χ0n) is 9.69. The van der Waals surface area contributed by atoms with Gasteiger partial charge in [0.1, 0.15) is 5.75 Å². The van der Waals surface area contributed by atoms with E-state index in [-0.39, 0.29) is 5.91 Å². The van der Waals surface area contributed by atoms with Gasteiger partial charge in [-0.05, 0) is 42.1 Å². The van der Waals surface area contributed by atoms with Crippen molar-refractivity contribution in [2.24, 2.45) is 0 Å². The van der Waals surface area contributed by atoms with Gasteiger partial charge in [0.25, 0.3) is 5.91 Å². The number of hydrogen-bond donors (Lipinski definition) is 1. The molecule has 0 radical (unpaired) electrons. The van der Waals surface area contributed by atoms with Crippen LogP contribution in [0.3, 0.4) is 0 Å². The molecule has 1 aromatic carbocycles. The van der Waals surface area contributed by atoms with Gasteiger partial charge in [0, 0.05) is 5.69 Å². The number of anilines is 1. The Kier molecular flexibility index (Phi) is 3.44. The fraction of sp³-hybridized carbons (Fsp3) is 0.154. The van der Waals surface area contributed by atoms with E-state index in [2.05, 4.69) is 5.32 Å². The average molecular weight is 247 g/mol. The molecule has 0 aliphatic heterocycles. The molecule has 0 aliphatic rings. The van der Waals surface area contributed by atoms with Gasteiger partial charge in [-0.1, -0.05) is 6.07 Å². The fourth-order valence-corrected chi connectivity index (χ4v) is 2.18. The number of rotatable bonds is 3. The Hall–Kier alpha value is -1.81. The Labute approximate surface area is 104 Å². The van der Waals surface area contributed by atoms with Crippen molar-refractivity contribution in [3.05, 3.63) is 46.2 Å². The topological polar surface area (TPSA) is 38.3 Å². The van der Waals surface area contributed by atoms with Crippen molar-refractivity contribution >= 4 is 22.9 Å². The van der Waals surface area contributed by atoms with Gasteiger partial charge in [0.2, 0.25) is 0 Å². The summed E-state index contributed by atoms with van der Waals surface area (Å²) < 4.78 is 5.17. The highest BCUT2D eigenvalue weighted by molar-refractivity contribution is 7.12. The molecule has 0 bridgehead atoms. The molecule has 0 fully saturated rings. The van der Waals surface area contributed by atoms with Crippen LogP contribution in [-0.2, 0) is 0 Å². The van der Waals surface area contributed by atoms with Gasteiger partial charge in [-0.2, -0.15) is 0 Å². The molecular weight excluding hydrogens is 234 g/mol. The first kappa shape index (κ1) is 11.7. The third-order valence-corrected chi connectivity index (χ3v) is 3.27. The minimum Gasteiger partial charge on any atom is -0.496 e. The highest BCUT2D eigenvalue weighted by Gasteiger charge is 2.07. The van der Waals surface area contributed by atoms with Crippen molar-refractivity contribution in [2.45, 2.75) is 6.92 Å². The Bertz CT molecular complexity index is 520. The number of amides is 1. The summed E-state index contributed by atoms with van der Waals surface area (Å²) in [4.78, 5) is 12.5. The third kappa shape index (κ3) is 2.65. The molecule has 1 amide bonds. The number of aryl methyl sites for hydroxylation is 1. The summed E-state index contributed by atoms with van der Waals surface area (Å²) in [6.45, 7) is 1.94. The number of hydrogen-bond acceptors (Lipinski definition) is 3. The van der Waals surface area contributed by atoms with E-state index in [4.69, 9.17) is 4.74 Å². The molecule has 3 nitrogen and oxygen atoms in total. The maximum Gasteiger partial charge on any atom is 0.265 e. The molecule has 17 heavy (non-hydrogen) atoms. The minimum atomic E-state index is -0.0791. The molecule has 2 rings (SSSR count). The SMILES string of the molecule is COc1ccc(NC(=O)c2cccs2)cc1C. The van der Waals surface area contributed by atoms with Crippen LogP contribution >= 0.6 is 11.3 Å². The maximum atomic E-state index is 11.8. The molecule has 4 heteroatoms. The molecule has 1 heterocycles. The molecule has 0 unspecified atom stereocenters. The third-order valence-electron chi connectivity index (χ3n) is 2.40. The number of benzene rings is 1. The lowest BCUT2D eigenvalue weighted by atomic mass is 10.2. The lowest BCUT2D eigenvalue weighted by molar-refractivity contribution is 0.103. The molecule has 0 saturated carbocycles. The normalized spacial score (nSPS) is 10.0. The first-order valence-corrected chi connectivity index (χ1v) is 6.08. The Morgan fingerprint density at radius 3 is 2.76 bits per heavy atom. The first-order chi connectivity index (χ1) is 8.20. The van der Waals surface area contributed by atoms with Crippen LogP contribution in [-0.4, -0.2) is 13.0 Å². The molecule has 1 aromatic heterocycles. The van der Waals surface area contributed by atoms with Crippen LogP contribution in [0.4, 0.5) is 5.69 Å². The van der Waals surface area contributed by atoms with Crippen molar-refractivity contribution in [1.29, 1.82) is 0 Å². The first-order valence-electron chi connectivity index (χ1n) is 5.20. The van der Waals surface area contributed by atoms with E-state index in [9.17, 15) is 4.79 Å². The van der Waals surface area contributed by atoms with E-state index in [0.717, 1.165) is 17.0 Å². The lowest BCUT2D eigenvalue weighted by Gasteiger charge is -2.08. The Morgan fingerprint density at radius 2 is 2.18 bits per heavy atom. The second-order valence-electron chi connectivity index (χ2n) is 3.62. The van der Waals surface area contributed by atoms with Crippen LogP contribution in [0.15, 0.2) is 35.7 Å². The zero-order chi connectivity index (χ0) is 12.3. The standard InChI is InChI=1S/C13H13NO2S/c1-9-8-10(5-6-11(9)16-2)14-13(15)12-4-3-7-17-12/h3-8H,1-2H3,(H,14,15). The van der Waals surface area contributed by atoms with Crippen LogP contribution < -0.4 is 10.1 Å². The van der Waals surface area contributed by atoms with Crippen molar-refractivity contribution in [1.82, 2.24) is 0 Å². The molecule has 0 aliphatic carbocycles. The van der Waals surface area contributed by atoms with Crippen LogP contribution in [0.1, 0.15) is 15.2 Å². The summed E-state index contributed by atoms with van der Waals surface area (Å²) in [5, 5.41) is 4.74. The van der Waals surface area contributed by atoms with Gasteiger partial charge in [-0.15, -0.1) is 11.3 Å². The summed E-state index contributed by atoms with van der Waals surface area (Å²) in [7, 11) is 1.63. The summed E-state index contributed by atoms with van der Waals surface area (Å²) in [5.74, 6) is 0.740. The van der Waals surface area contributed by atoms with E-state index in [0.29, 0.717) is 4.88 Å². The molecule has 2 aromatic rings. The predicted octanol–water partition coefficient (Wildman–Crippen LogP) is 3.32. The molecule has 1 N–H and O–H groups in total. The van der Waals surface area contributed by atoms with Gasteiger partial charge >= 0.3 is 0 Å². The van der Waals surface area contributed by atoms with E-state index < -0.39 is 0 Å². The Balaban J connectivity index is 2.14. The van der Waals surface area contributed by atoms with Gasteiger partial charge < -0.3 is 10.1 Å². The summed E-state index contributed by atoms with van der Waals surface area (Å²) in [6, 6.07) is 9.23. The number of methoxy groups -OCH3 is 1. The van der Waals surface area contributed by atoms with Crippen molar-refractivity contribution in [3.63, 3.8) is 0 Å². The van der Waals surface area contributed by atoms with Gasteiger partial charge in [-0.25, -0.2) is 0 Å². The van der Waals surface area contributed by atoms with Crippen molar-refractivity contribution < 1.29 is 9.53 Å². The second kappa shape index (κ2) is 5.01. The molecule has 0 spiro atoms. The van der Waals surface area contributed by atoms with Gasteiger partial charge in [-0.3, -0.25) is 4.79 Å². The van der Waals surface area contributed by atoms with Crippen molar-refractivity contribution in [2.75, 3.05) is 12.4 Å². The summed E-state index contributed by atoms with van der Waals surface area (Å²) >= 11 is 1.43. The highest BCUT2D eigenvalue weighted by atomic mass is 32.1. The predicted molar refractivity (Wildman–Crippen MR) is 70.0 cm³/mol. The van der Waals surface area contributed by atoms with E-state index in [1.165, 1.54) is 11.3 Å². The highest BCUT2D eigenvalue weighted by Crippen LogP contribution is 2.22. The van der Waals surface area contributed by atoms with Crippen LogP contribution in [0, 0.1) is 6.92 Å². The fourth-order valence-electron chi connectivity index (χ4n) is 1.56. The minimum absolute atomic E-state index is 0.0791. The zero-order valence-corrected chi connectivity index (χ0v) is 10.5. The quantitative estimate of drug-likeness (QED) is 0.903. The van der Waals surface area contributed by atoms with Crippen molar-refractivity contribution in [3.8, 4) is 5.75 Å².